The number of anilines is 1. The molecular formula is C23H26N4O6S. The summed E-state index contributed by atoms with van der Waals surface area (Å²) in [5, 5.41) is 6.71. The Bertz CT molecular complexity index is 1270. The maximum absolute atomic E-state index is 12.7. The fourth-order valence-electron chi connectivity index (χ4n) is 3.70. The van der Waals surface area contributed by atoms with Crippen LogP contribution in [0.5, 0.6) is 11.5 Å². The van der Waals surface area contributed by atoms with Gasteiger partial charge >= 0.3 is 0 Å². The molecule has 0 radical (unpaired) electrons. The van der Waals surface area contributed by atoms with Crippen molar-refractivity contribution in [2.45, 2.75) is 30.6 Å². The van der Waals surface area contributed by atoms with E-state index in [1.165, 1.54) is 16.4 Å². The van der Waals surface area contributed by atoms with Crippen LogP contribution in [0.15, 0.2) is 51.9 Å². The first-order valence-electron chi connectivity index (χ1n) is 10.9. The second kappa shape index (κ2) is 10.2. The Balaban J connectivity index is 1.37. The van der Waals surface area contributed by atoms with Gasteiger partial charge in [0.05, 0.1) is 19.1 Å². The molecule has 10 nitrogen and oxygen atoms in total. The summed E-state index contributed by atoms with van der Waals surface area (Å²) in [6, 6.07) is 11.6. The normalized spacial score (nSPS) is 14.2. The number of rotatable bonds is 9. The lowest BCUT2D eigenvalue weighted by molar-refractivity contribution is -0.116. The van der Waals surface area contributed by atoms with Crippen molar-refractivity contribution in [3.05, 3.63) is 48.4 Å². The van der Waals surface area contributed by atoms with Gasteiger partial charge in [-0.2, -0.15) is 9.29 Å². The number of hydrogen-bond acceptors (Lipinski definition) is 8. The molecule has 0 unspecified atom stereocenters. The number of ether oxygens (including phenoxy) is 2. The van der Waals surface area contributed by atoms with E-state index >= 15 is 0 Å². The van der Waals surface area contributed by atoms with Gasteiger partial charge in [0, 0.05) is 37.2 Å². The van der Waals surface area contributed by atoms with E-state index in [0.29, 0.717) is 47.6 Å². The third kappa shape index (κ3) is 5.20. The van der Waals surface area contributed by atoms with E-state index in [1.807, 2.05) is 0 Å². The number of carbonyl (C=O) groups is 1. The number of nitrogens with one attached hydrogen (secondary N) is 1. The first-order valence-corrected chi connectivity index (χ1v) is 12.3. The molecule has 1 aromatic heterocycles. The number of benzene rings is 2. The molecule has 1 fully saturated rings. The van der Waals surface area contributed by atoms with E-state index in [1.54, 1.807) is 44.6 Å². The lowest BCUT2D eigenvalue weighted by Crippen LogP contribution is -2.27. The van der Waals surface area contributed by atoms with Gasteiger partial charge in [-0.3, -0.25) is 4.79 Å². The molecule has 180 valence electrons. The Labute approximate surface area is 197 Å². The molecule has 2 aromatic carbocycles. The second-order valence-corrected chi connectivity index (χ2v) is 9.71. The van der Waals surface area contributed by atoms with Crippen molar-refractivity contribution in [2.24, 2.45) is 0 Å². The van der Waals surface area contributed by atoms with Crippen molar-refractivity contribution in [1.82, 2.24) is 14.4 Å². The Kier molecular flexibility index (Phi) is 7.13. The van der Waals surface area contributed by atoms with Gasteiger partial charge in [-0.05, 0) is 49.2 Å². The predicted molar refractivity (Wildman–Crippen MR) is 124 cm³/mol. The number of sulfonamides is 1. The molecule has 1 saturated heterocycles. The van der Waals surface area contributed by atoms with E-state index in [2.05, 4.69) is 15.5 Å². The number of hydrogen-bond donors (Lipinski definition) is 1. The van der Waals surface area contributed by atoms with Gasteiger partial charge < -0.3 is 19.3 Å². The van der Waals surface area contributed by atoms with Crippen LogP contribution < -0.4 is 14.8 Å². The summed E-state index contributed by atoms with van der Waals surface area (Å²) in [5.74, 6) is 1.52. The molecule has 3 aromatic rings. The standard InChI is InChI=1S/C23H26N4O6S/c1-31-19-9-8-16(14-20(19)32-2)23-25-22(33-26-23)11-10-21(28)24-17-6-5-7-18(15-17)34(29,30)27-12-3-4-13-27/h5-9,14-15H,3-4,10-13H2,1-2H3,(H,24,28). The van der Waals surface area contributed by atoms with E-state index in [-0.39, 0.29) is 23.6 Å². The van der Waals surface area contributed by atoms with Crippen LogP contribution in [0.25, 0.3) is 11.4 Å². The molecule has 34 heavy (non-hydrogen) atoms. The largest absolute Gasteiger partial charge is 0.493 e. The minimum atomic E-state index is -3.55. The predicted octanol–water partition coefficient (Wildman–Crippen LogP) is 3.11. The van der Waals surface area contributed by atoms with Crippen LogP contribution in [0, 0.1) is 0 Å². The number of aryl methyl sites for hydroxylation is 1. The molecular weight excluding hydrogens is 460 g/mol. The topological polar surface area (TPSA) is 124 Å². The van der Waals surface area contributed by atoms with Crippen molar-refractivity contribution in [3.8, 4) is 22.9 Å². The highest BCUT2D eigenvalue weighted by atomic mass is 32.2. The summed E-state index contributed by atoms with van der Waals surface area (Å²) in [6.45, 7) is 1.04. The van der Waals surface area contributed by atoms with Gasteiger partial charge in [0.1, 0.15) is 0 Å². The van der Waals surface area contributed by atoms with Gasteiger partial charge in [-0.1, -0.05) is 11.2 Å². The third-order valence-corrected chi connectivity index (χ3v) is 7.39. The van der Waals surface area contributed by atoms with E-state index < -0.39 is 10.0 Å². The van der Waals surface area contributed by atoms with Gasteiger partial charge in [0.2, 0.25) is 27.6 Å². The molecule has 1 aliphatic rings. The number of carbonyl (C=O) groups excluding carboxylic acids is 1. The lowest BCUT2D eigenvalue weighted by Gasteiger charge is -2.16. The van der Waals surface area contributed by atoms with Crippen LogP contribution in [-0.4, -0.2) is 56.1 Å². The molecule has 0 bridgehead atoms. The molecule has 0 aliphatic carbocycles. The summed E-state index contributed by atoms with van der Waals surface area (Å²) in [6.07, 6.45) is 2.05. The van der Waals surface area contributed by atoms with Crippen LogP contribution in [0.1, 0.15) is 25.2 Å². The maximum atomic E-state index is 12.7. The first-order chi connectivity index (χ1) is 16.4. The third-order valence-electron chi connectivity index (χ3n) is 5.50. The van der Waals surface area contributed by atoms with Crippen LogP contribution in [0.2, 0.25) is 0 Å². The number of methoxy groups -OCH3 is 2. The fourth-order valence-corrected chi connectivity index (χ4v) is 5.27. The maximum Gasteiger partial charge on any atom is 0.243 e. The Hall–Kier alpha value is -3.44. The van der Waals surface area contributed by atoms with Crippen molar-refractivity contribution >= 4 is 21.6 Å². The van der Waals surface area contributed by atoms with Crippen LogP contribution in [-0.2, 0) is 21.2 Å². The van der Waals surface area contributed by atoms with E-state index in [9.17, 15) is 13.2 Å². The number of nitrogens with zero attached hydrogens (tertiary/aromatic N) is 3. The highest BCUT2D eigenvalue weighted by Gasteiger charge is 2.27. The summed E-state index contributed by atoms with van der Waals surface area (Å²) >= 11 is 0. The van der Waals surface area contributed by atoms with Crippen LogP contribution >= 0.6 is 0 Å². The molecule has 0 saturated carbocycles. The van der Waals surface area contributed by atoms with E-state index in [0.717, 1.165) is 12.8 Å². The Morgan fingerprint density at radius 2 is 1.85 bits per heavy atom. The lowest BCUT2D eigenvalue weighted by atomic mass is 10.2. The summed E-state index contributed by atoms with van der Waals surface area (Å²) < 4.78 is 42.8. The monoisotopic (exact) mass is 486 g/mol. The van der Waals surface area contributed by atoms with Crippen molar-refractivity contribution in [3.63, 3.8) is 0 Å². The highest BCUT2D eigenvalue weighted by Crippen LogP contribution is 2.31. The average Bonchev–Trinajstić information content (AvgIpc) is 3.55. The average molecular weight is 487 g/mol. The van der Waals surface area contributed by atoms with Gasteiger partial charge in [-0.25, -0.2) is 8.42 Å². The Morgan fingerprint density at radius 1 is 1.09 bits per heavy atom. The smallest absolute Gasteiger partial charge is 0.243 e. The van der Waals surface area contributed by atoms with Crippen molar-refractivity contribution in [1.29, 1.82) is 0 Å². The minimum absolute atomic E-state index is 0.0939. The highest BCUT2D eigenvalue weighted by molar-refractivity contribution is 7.89. The van der Waals surface area contributed by atoms with Gasteiger partial charge in [0.15, 0.2) is 11.5 Å². The summed E-state index contributed by atoms with van der Waals surface area (Å²) in [7, 11) is -0.459. The SMILES string of the molecule is COc1ccc(-c2noc(CCC(=O)Nc3cccc(S(=O)(=O)N4CCCC4)c3)n2)cc1OC. The summed E-state index contributed by atoms with van der Waals surface area (Å²) in [4.78, 5) is 17.0. The molecule has 2 heterocycles. The van der Waals surface area contributed by atoms with Crippen LogP contribution in [0.3, 0.4) is 0 Å². The summed E-state index contributed by atoms with van der Waals surface area (Å²) in [5.41, 5.74) is 1.11. The second-order valence-electron chi connectivity index (χ2n) is 7.77. The zero-order chi connectivity index (χ0) is 24.1. The zero-order valence-corrected chi connectivity index (χ0v) is 19.8. The van der Waals surface area contributed by atoms with Crippen molar-refractivity contribution < 1.29 is 27.2 Å². The quantitative estimate of drug-likeness (QED) is 0.489. The van der Waals surface area contributed by atoms with Crippen molar-refractivity contribution in [2.75, 3.05) is 32.6 Å². The zero-order valence-electron chi connectivity index (χ0n) is 19.0. The molecule has 0 atom stereocenters. The minimum Gasteiger partial charge on any atom is -0.493 e. The molecule has 0 spiro atoms. The molecule has 4 rings (SSSR count). The fraction of sp³-hybridized carbons (Fsp3) is 0.348. The Morgan fingerprint density at radius 3 is 2.59 bits per heavy atom. The molecule has 1 amide bonds. The first kappa shape index (κ1) is 23.7. The molecule has 1 N–H and O–H groups in total. The molecule has 11 heteroatoms. The number of aromatic nitrogens is 2. The molecule has 1 aliphatic heterocycles. The number of amides is 1. The van der Waals surface area contributed by atoms with Crippen LogP contribution in [0.4, 0.5) is 5.69 Å². The van der Waals surface area contributed by atoms with E-state index in [4.69, 9.17) is 14.0 Å². The van der Waals surface area contributed by atoms with Gasteiger partial charge in [0.25, 0.3) is 0 Å². The van der Waals surface area contributed by atoms with Gasteiger partial charge in [-0.15, -0.1) is 0 Å².